The highest BCUT2D eigenvalue weighted by Gasteiger charge is 2.32. The van der Waals surface area contributed by atoms with Crippen molar-refractivity contribution < 1.29 is 18.7 Å². The molecule has 0 saturated carbocycles. The van der Waals surface area contributed by atoms with Gasteiger partial charge >= 0.3 is 6.09 Å². The molecule has 1 saturated heterocycles. The molecule has 1 fully saturated rings. The molecule has 6 heteroatoms. The van der Waals surface area contributed by atoms with Crippen LogP contribution in [0.25, 0.3) is 0 Å². The highest BCUT2D eigenvalue weighted by molar-refractivity contribution is 5.65. The molecule has 2 rings (SSSR count). The fourth-order valence-electron chi connectivity index (χ4n) is 2.56. The largest absolute Gasteiger partial charge is 0.465 e. The van der Waals surface area contributed by atoms with Crippen molar-refractivity contribution in [3.63, 3.8) is 0 Å². The molecule has 1 N–H and O–H groups in total. The van der Waals surface area contributed by atoms with Crippen LogP contribution in [0.4, 0.5) is 13.6 Å². The Morgan fingerprint density at radius 1 is 1.30 bits per heavy atom. The van der Waals surface area contributed by atoms with E-state index in [4.69, 9.17) is 5.11 Å². The Kier molecular flexibility index (Phi) is 4.89. The smallest absolute Gasteiger partial charge is 0.407 e. The van der Waals surface area contributed by atoms with E-state index >= 15 is 0 Å². The second-order valence-electron chi connectivity index (χ2n) is 4.98. The molecule has 0 spiro atoms. The van der Waals surface area contributed by atoms with Gasteiger partial charge in [-0.15, -0.1) is 0 Å². The van der Waals surface area contributed by atoms with E-state index in [1.165, 1.54) is 0 Å². The topological polar surface area (TPSA) is 43.8 Å². The molecule has 1 unspecified atom stereocenters. The van der Waals surface area contributed by atoms with Gasteiger partial charge in [0.05, 0.1) is 6.04 Å². The Bertz CT molecular complexity index is 442. The summed E-state index contributed by atoms with van der Waals surface area (Å²) in [6, 6.07) is 9.10. The van der Waals surface area contributed by atoms with E-state index in [0.717, 1.165) is 10.5 Å². The number of amides is 1. The van der Waals surface area contributed by atoms with Gasteiger partial charge in [-0.2, -0.15) is 0 Å². The first kappa shape index (κ1) is 14.7. The average Bonchev–Trinajstić information content (AvgIpc) is 2.39. The summed E-state index contributed by atoms with van der Waals surface area (Å²) in [6.07, 6.45) is -4.01. The van der Waals surface area contributed by atoms with E-state index in [1.807, 2.05) is 35.2 Å². The van der Waals surface area contributed by atoms with Crippen LogP contribution in [0.5, 0.6) is 0 Å². The predicted octanol–water partition coefficient (Wildman–Crippen LogP) is 2.51. The molecule has 1 aromatic rings. The lowest BCUT2D eigenvalue weighted by molar-refractivity contribution is 0.0290. The zero-order valence-electron chi connectivity index (χ0n) is 11.1. The van der Waals surface area contributed by atoms with Crippen LogP contribution in [0.1, 0.15) is 12.0 Å². The second-order valence-corrected chi connectivity index (χ2v) is 4.98. The lowest BCUT2D eigenvalue weighted by Crippen LogP contribution is -2.55. The Hall–Kier alpha value is -1.69. The summed E-state index contributed by atoms with van der Waals surface area (Å²) < 4.78 is 25.1. The first-order valence-electron chi connectivity index (χ1n) is 6.60. The number of piperazine rings is 1. The number of nitrogens with zero attached hydrogens (tertiary/aromatic N) is 2. The van der Waals surface area contributed by atoms with Gasteiger partial charge < -0.3 is 10.0 Å². The molecule has 1 amide bonds. The number of carbonyl (C=O) groups is 1. The van der Waals surface area contributed by atoms with Crippen molar-refractivity contribution in [2.45, 2.75) is 25.4 Å². The molecule has 0 aliphatic carbocycles. The molecule has 0 bridgehead atoms. The first-order chi connectivity index (χ1) is 9.56. The van der Waals surface area contributed by atoms with Crippen LogP contribution in [0, 0.1) is 0 Å². The molecule has 0 radical (unpaired) electrons. The number of hydrogen-bond donors (Lipinski definition) is 1. The Morgan fingerprint density at radius 2 is 2.00 bits per heavy atom. The van der Waals surface area contributed by atoms with Gasteiger partial charge in [0.2, 0.25) is 6.43 Å². The maximum absolute atomic E-state index is 12.6. The number of halogens is 2. The molecule has 4 nitrogen and oxygen atoms in total. The minimum Gasteiger partial charge on any atom is -0.465 e. The van der Waals surface area contributed by atoms with Crippen molar-refractivity contribution in [2.75, 3.05) is 19.6 Å². The van der Waals surface area contributed by atoms with E-state index in [0.29, 0.717) is 19.6 Å². The Balaban J connectivity index is 1.99. The monoisotopic (exact) mass is 284 g/mol. The lowest BCUT2D eigenvalue weighted by atomic mass is 10.1. The van der Waals surface area contributed by atoms with Crippen molar-refractivity contribution in [1.29, 1.82) is 0 Å². The highest BCUT2D eigenvalue weighted by Crippen LogP contribution is 2.18. The SMILES string of the molecule is O=C(O)N1CCN(Cc2ccccc2)CC1CC(F)F. The van der Waals surface area contributed by atoms with Crippen LogP contribution in [-0.4, -0.2) is 53.1 Å². The summed E-state index contributed by atoms with van der Waals surface area (Å²) in [5, 5.41) is 9.06. The third-order valence-electron chi connectivity index (χ3n) is 3.51. The van der Waals surface area contributed by atoms with Gasteiger partial charge in [0.1, 0.15) is 0 Å². The number of alkyl halides is 2. The second kappa shape index (κ2) is 6.65. The van der Waals surface area contributed by atoms with Gasteiger partial charge in [-0.25, -0.2) is 13.6 Å². The summed E-state index contributed by atoms with van der Waals surface area (Å²) >= 11 is 0. The molecule has 1 heterocycles. The number of rotatable bonds is 4. The van der Waals surface area contributed by atoms with E-state index in [1.54, 1.807) is 0 Å². The Morgan fingerprint density at radius 3 is 2.60 bits per heavy atom. The summed E-state index contributed by atoms with van der Waals surface area (Å²) in [5.41, 5.74) is 1.10. The quantitative estimate of drug-likeness (QED) is 0.924. The van der Waals surface area contributed by atoms with E-state index in [9.17, 15) is 13.6 Å². The maximum Gasteiger partial charge on any atom is 0.407 e. The number of hydrogen-bond acceptors (Lipinski definition) is 2. The minimum atomic E-state index is -2.49. The van der Waals surface area contributed by atoms with Gasteiger partial charge in [0.25, 0.3) is 0 Å². The van der Waals surface area contributed by atoms with Crippen LogP contribution in [-0.2, 0) is 6.54 Å². The van der Waals surface area contributed by atoms with Crippen LogP contribution >= 0.6 is 0 Å². The van der Waals surface area contributed by atoms with E-state index in [2.05, 4.69) is 0 Å². The summed E-state index contributed by atoms with van der Waals surface area (Å²) in [7, 11) is 0. The average molecular weight is 284 g/mol. The molecule has 1 aromatic carbocycles. The van der Waals surface area contributed by atoms with E-state index < -0.39 is 25.0 Å². The summed E-state index contributed by atoms with van der Waals surface area (Å²) in [6.45, 7) is 1.86. The third-order valence-corrected chi connectivity index (χ3v) is 3.51. The summed E-state index contributed by atoms with van der Waals surface area (Å²) in [4.78, 5) is 14.2. The van der Waals surface area contributed by atoms with Crippen LogP contribution in [0.15, 0.2) is 30.3 Å². The predicted molar refractivity (Wildman–Crippen MR) is 70.9 cm³/mol. The molecule has 20 heavy (non-hydrogen) atoms. The molecule has 0 aromatic heterocycles. The molecular formula is C14H18F2N2O2. The van der Waals surface area contributed by atoms with Crippen molar-refractivity contribution >= 4 is 6.09 Å². The molecule has 110 valence electrons. The normalized spacial score (nSPS) is 20.4. The molecule has 1 aliphatic rings. The van der Waals surface area contributed by atoms with Gasteiger partial charge in [0, 0.05) is 32.6 Å². The van der Waals surface area contributed by atoms with Crippen LogP contribution in [0.2, 0.25) is 0 Å². The van der Waals surface area contributed by atoms with Crippen molar-refractivity contribution in [3.05, 3.63) is 35.9 Å². The lowest BCUT2D eigenvalue weighted by Gasteiger charge is -2.40. The zero-order valence-corrected chi connectivity index (χ0v) is 11.1. The number of carboxylic acid groups (broad SMARTS) is 1. The fourth-order valence-corrected chi connectivity index (χ4v) is 2.56. The molecule has 1 aliphatic heterocycles. The van der Waals surface area contributed by atoms with Crippen molar-refractivity contribution in [1.82, 2.24) is 9.80 Å². The van der Waals surface area contributed by atoms with Crippen molar-refractivity contribution in [2.24, 2.45) is 0 Å². The molecular weight excluding hydrogens is 266 g/mol. The van der Waals surface area contributed by atoms with E-state index in [-0.39, 0.29) is 6.54 Å². The first-order valence-corrected chi connectivity index (χ1v) is 6.60. The molecule has 1 atom stereocenters. The van der Waals surface area contributed by atoms with Gasteiger partial charge in [0.15, 0.2) is 0 Å². The maximum atomic E-state index is 12.6. The van der Waals surface area contributed by atoms with Crippen LogP contribution in [0.3, 0.4) is 0 Å². The standard InChI is InChI=1S/C14H18F2N2O2/c15-13(16)8-12-10-17(6-7-18(12)14(19)20)9-11-4-2-1-3-5-11/h1-5,12-13H,6-10H2,(H,19,20). The summed E-state index contributed by atoms with van der Waals surface area (Å²) in [5.74, 6) is 0. The number of benzene rings is 1. The fraction of sp³-hybridized carbons (Fsp3) is 0.500. The van der Waals surface area contributed by atoms with Crippen molar-refractivity contribution in [3.8, 4) is 0 Å². The highest BCUT2D eigenvalue weighted by atomic mass is 19.3. The minimum absolute atomic E-state index is 0.277. The zero-order chi connectivity index (χ0) is 14.5. The third kappa shape index (κ3) is 3.90. The van der Waals surface area contributed by atoms with Gasteiger partial charge in [-0.1, -0.05) is 30.3 Å². The van der Waals surface area contributed by atoms with Crippen LogP contribution < -0.4 is 0 Å². The van der Waals surface area contributed by atoms with Gasteiger partial charge in [-0.05, 0) is 5.56 Å². The Labute approximate surface area is 116 Å². The van der Waals surface area contributed by atoms with Gasteiger partial charge in [-0.3, -0.25) is 4.90 Å².